The van der Waals surface area contributed by atoms with E-state index in [4.69, 9.17) is 0 Å². The Morgan fingerprint density at radius 2 is 2.25 bits per heavy atom. The zero-order chi connectivity index (χ0) is 11.5. The molecule has 2 rings (SSSR count). The van der Waals surface area contributed by atoms with Crippen molar-refractivity contribution in [2.45, 2.75) is 32.2 Å². The molecule has 1 amide bonds. The molecule has 1 fully saturated rings. The van der Waals surface area contributed by atoms with Crippen molar-refractivity contribution in [3.8, 4) is 5.75 Å². The van der Waals surface area contributed by atoms with Gasteiger partial charge in [0.05, 0.1) is 6.04 Å². The molecule has 1 atom stereocenters. The highest BCUT2D eigenvalue weighted by Gasteiger charge is 2.25. The van der Waals surface area contributed by atoms with Crippen molar-refractivity contribution < 1.29 is 9.90 Å². The van der Waals surface area contributed by atoms with Crippen molar-refractivity contribution >= 4 is 5.91 Å². The van der Waals surface area contributed by atoms with E-state index in [1.54, 1.807) is 19.1 Å². The van der Waals surface area contributed by atoms with Crippen LogP contribution in [0.3, 0.4) is 0 Å². The van der Waals surface area contributed by atoms with Crippen molar-refractivity contribution in [1.29, 1.82) is 0 Å². The first-order valence-corrected chi connectivity index (χ1v) is 5.74. The Morgan fingerprint density at radius 3 is 2.94 bits per heavy atom. The standard InChI is InChI=1S/C13H17NO2/c1-10(15)14-8-3-2-7-13(14)11-5-4-6-12(16)9-11/h4-6,9,13,16H,2-3,7-8H2,1H3. The number of piperidine rings is 1. The summed E-state index contributed by atoms with van der Waals surface area (Å²) in [6, 6.07) is 7.36. The van der Waals surface area contributed by atoms with E-state index in [1.807, 2.05) is 17.0 Å². The second kappa shape index (κ2) is 4.56. The Morgan fingerprint density at radius 1 is 1.44 bits per heavy atom. The number of hydrogen-bond donors (Lipinski definition) is 1. The molecule has 3 nitrogen and oxygen atoms in total. The molecule has 1 aliphatic rings. The topological polar surface area (TPSA) is 40.5 Å². The highest BCUT2D eigenvalue weighted by molar-refractivity contribution is 5.74. The van der Waals surface area contributed by atoms with Crippen LogP contribution in [0.2, 0.25) is 0 Å². The molecule has 0 bridgehead atoms. The van der Waals surface area contributed by atoms with Crippen LogP contribution in [0.15, 0.2) is 24.3 Å². The van der Waals surface area contributed by atoms with Gasteiger partial charge in [-0.2, -0.15) is 0 Å². The minimum Gasteiger partial charge on any atom is -0.508 e. The minimum absolute atomic E-state index is 0.119. The quantitative estimate of drug-likeness (QED) is 0.788. The van der Waals surface area contributed by atoms with E-state index in [-0.39, 0.29) is 17.7 Å². The average Bonchev–Trinajstić information content (AvgIpc) is 2.29. The number of carbonyl (C=O) groups is 1. The molecule has 1 aromatic carbocycles. The monoisotopic (exact) mass is 219 g/mol. The molecule has 1 aliphatic heterocycles. The summed E-state index contributed by atoms with van der Waals surface area (Å²) in [5.41, 5.74) is 1.04. The van der Waals surface area contributed by atoms with Crippen molar-refractivity contribution in [2.24, 2.45) is 0 Å². The van der Waals surface area contributed by atoms with Gasteiger partial charge in [-0.25, -0.2) is 0 Å². The predicted octanol–water partition coefficient (Wildman–Crippen LogP) is 2.47. The molecule has 3 heteroatoms. The number of rotatable bonds is 1. The van der Waals surface area contributed by atoms with Crippen LogP contribution in [0, 0.1) is 0 Å². The number of benzene rings is 1. The van der Waals surface area contributed by atoms with E-state index in [2.05, 4.69) is 0 Å². The van der Waals surface area contributed by atoms with E-state index in [1.165, 1.54) is 0 Å². The third kappa shape index (κ3) is 2.18. The number of aromatic hydroxyl groups is 1. The zero-order valence-electron chi connectivity index (χ0n) is 9.52. The second-order valence-corrected chi connectivity index (χ2v) is 4.32. The highest BCUT2D eigenvalue weighted by Crippen LogP contribution is 2.32. The molecule has 86 valence electrons. The van der Waals surface area contributed by atoms with Gasteiger partial charge in [0.1, 0.15) is 5.75 Å². The van der Waals surface area contributed by atoms with Crippen LogP contribution in [0.4, 0.5) is 0 Å². The Labute approximate surface area is 95.7 Å². The van der Waals surface area contributed by atoms with Gasteiger partial charge in [-0.15, -0.1) is 0 Å². The zero-order valence-corrected chi connectivity index (χ0v) is 9.52. The van der Waals surface area contributed by atoms with Gasteiger partial charge >= 0.3 is 0 Å². The van der Waals surface area contributed by atoms with E-state index < -0.39 is 0 Å². The average molecular weight is 219 g/mol. The summed E-state index contributed by atoms with van der Waals surface area (Å²) < 4.78 is 0. The van der Waals surface area contributed by atoms with Crippen LogP contribution < -0.4 is 0 Å². The fraction of sp³-hybridized carbons (Fsp3) is 0.462. The first-order valence-electron chi connectivity index (χ1n) is 5.74. The molecule has 1 unspecified atom stereocenters. The summed E-state index contributed by atoms with van der Waals surface area (Å²) in [5, 5.41) is 9.47. The van der Waals surface area contributed by atoms with Crippen LogP contribution in [0.25, 0.3) is 0 Å². The van der Waals surface area contributed by atoms with Crippen molar-refractivity contribution in [2.75, 3.05) is 6.54 Å². The smallest absolute Gasteiger partial charge is 0.219 e. The third-order valence-electron chi connectivity index (χ3n) is 3.16. The van der Waals surface area contributed by atoms with E-state index in [0.717, 1.165) is 31.4 Å². The maximum absolute atomic E-state index is 11.5. The van der Waals surface area contributed by atoms with Crippen LogP contribution in [-0.2, 0) is 4.79 Å². The van der Waals surface area contributed by atoms with Crippen LogP contribution >= 0.6 is 0 Å². The molecule has 16 heavy (non-hydrogen) atoms. The van der Waals surface area contributed by atoms with Gasteiger partial charge in [-0.05, 0) is 37.0 Å². The summed E-state index contributed by atoms with van der Waals surface area (Å²) in [7, 11) is 0. The Hall–Kier alpha value is -1.51. The number of amides is 1. The van der Waals surface area contributed by atoms with Gasteiger partial charge in [0.2, 0.25) is 5.91 Å². The van der Waals surface area contributed by atoms with E-state index >= 15 is 0 Å². The van der Waals surface area contributed by atoms with E-state index in [9.17, 15) is 9.90 Å². The molecule has 1 heterocycles. The summed E-state index contributed by atoms with van der Waals surface area (Å²) in [6.45, 7) is 2.44. The maximum atomic E-state index is 11.5. The fourth-order valence-electron chi connectivity index (χ4n) is 2.39. The number of nitrogens with zero attached hydrogens (tertiary/aromatic N) is 1. The molecular weight excluding hydrogens is 202 g/mol. The Kier molecular flexibility index (Phi) is 3.13. The minimum atomic E-state index is 0.119. The fourth-order valence-corrected chi connectivity index (χ4v) is 2.39. The normalized spacial score (nSPS) is 20.8. The second-order valence-electron chi connectivity index (χ2n) is 4.32. The van der Waals surface area contributed by atoms with Gasteiger partial charge in [0, 0.05) is 13.5 Å². The Bertz CT molecular complexity index is 389. The first-order chi connectivity index (χ1) is 7.68. The maximum Gasteiger partial charge on any atom is 0.219 e. The highest BCUT2D eigenvalue weighted by atomic mass is 16.3. The van der Waals surface area contributed by atoms with E-state index in [0.29, 0.717) is 0 Å². The summed E-state index contributed by atoms with van der Waals surface area (Å²) >= 11 is 0. The van der Waals surface area contributed by atoms with Crippen molar-refractivity contribution in [1.82, 2.24) is 4.90 Å². The van der Waals surface area contributed by atoms with Crippen molar-refractivity contribution in [3.63, 3.8) is 0 Å². The lowest BCUT2D eigenvalue weighted by Crippen LogP contribution is -2.36. The van der Waals surface area contributed by atoms with Gasteiger partial charge in [0.25, 0.3) is 0 Å². The van der Waals surface area contributed by atoms with Crippen LogP contribution in [-0.4, -0.2) is 22.5 Å². The number of carbonyl (C=O) groups excluding carboxylic acids is 1. The SMILES string of the molecule is CC(=O)N1CCCCC1c1cccc(O)c1. The molecule has 1 N–H and O–H groups in total. The van der Waals surface area contributed by atoms with Gasteiger partial charge in [-0.3, -0.25) is 4.79 Å². The first kappa shape index (κ1) is 11.0. The summed E-state index contributed by atoms with van der Waals surface area (Å²) in [6.07, 6.45) is 3.21. The molecule has 0 spiro atoms. The lowest BCUT2D eigenvalue weighted by Gasteiger charge is -2.35. The molecule has 1 saturated heterocycles. The largest absolute Gasteiger partial charge is 0.508 e. The van der Waals surface area contributed by atoms with Gasteiger partial charge in [0.15, 0.2) is 0 Å². The summed E-state index contributed by atoms with van der Waals surface area (Å²) in [4.78, 5) is 13.4. The molecule has 0 saturated carbocycles. The predicted molar refractivity (Wildman–Crippen MR) is 62.1 cm³/mol. The molecule has 0 radical (unpaired) electrons. The van der Waals surface area contributed by atoms with Crippen LogP contribution in [0.5, 0.6) is 5.75 Å². The van der Waals surface area contributed by atoms with Gasteiger partial charge in [-0.1, -0.05) is 12.1 Å². The summed E-state index contributed by atoms with van der Waals surface area (Å²) in [5.74, 6) is 0.389. The lowest BCUT2D eigenvalue weighted by atomic mass is 9.95. The molecule has 0 aliphatic carbocycles. The molecule has 1 aromatic rings. The molecule has 0 aromatic heterocycles. The number of likely N-dealkylation sites (tertiary alicyclic amines) is 1. The molecular formula is C13H17NO2. The third-order valence-corrected chi connectivity index (χ3v) is 3.16. The van der Waals surface area contributed by atoms with Crippen molar-refractivity contribution in [3.05, 3.63) is 29.8 Å². The number of phenols is 1. The van der Waals surface area contributed by atoms with Gasteiger partial charge < -0.3 is 10.0 Å². The number of phenolic OH excluding ortho intramolecular Hbond substituents is 1. The lowest BCUT2D eigenvalue weighted by molar-refractivity contribution is -0.132. The Balaban J connectivity index is 2.26. The number of hydrogen-bond acceptors (Lipinski definition) is 2. The van der Waals surface area contributed by atoms with Crippen LogP contribution in [0.1, 0.15) is 37.8 Å².